The quantitative estimate of drug-likeness (QED) is 0.116. The number of carbonyl (C=O) groups is 4. The lowest BCUT2D eigenvalue weighted by molar-refractivity contribution is -0.159. The molecule has 3 aromatic heterocycles. The molecule has 0 radical (unpaired) electrons. The maximum absolute atomic E-state index is 13.7. The lowest BCUT2D eigenvalue weighted by Crippen LogP contribution is -2.30. The van der Waals surface area contributed by atoms with Crippen LogP contribution < -0.4 is 25.7 Å². The first-order chi connectivity index (χ1) is 23.9. The van der Waals surface area contributed by atoms with Crippen molar-refractivity contribution in [3.05, 3.63) is 101 Å². The van der Waals surface area contributed by atoms with Gasteiger partial charge in [-0.05, 0) is 63.4 Å². The van der Waals surface area contributed by atoms with Crippen LogP contribution in [0.4, 0.5) is 5.82 Å². The van der Waals surface area contributed by atoms with Gasteiger partial charge in [0.1, 0.15) is 34.7 Å². The van der Waals surface area contributed by atoms with Crippen LogP contribution >= 0.6 is 0 Å². The monoisotopic (exact) mass is 686 g/mol. The van der Waals surface area contributed by atoms with Crippen molar-refractivity contribution in [3.8, 4) is 22.9 Å². The SMILES string of the molecule is CNCC(=O)OC(C)Cn1c(C)c(C(=O)Nc2ccc(Oc3ccnc4cc(OC)ccc34)cn2)c(=O)n1-c1ccccc1.O=C(O)C(=O)O. The summed E-state index contributed by atoms with van der Waals surface area (Å²) in [6, 6.07) is 19.5. The number of hydrogen-bond donors (Lipinski definition) is 4. The van der Waals surface area contributed by atoms with Crippen LogP contribution in [0.3, 0.4) is 0 Å². The van der Waals surface area contributed by atoms with E-state index in [2.05, 4.69) is 20.6 Å². The van der Waals surface area contributed by atoms with Crippen LogP contribution in [0.5, 0.6) is 17.2 Å². The van der Waals surface area contributed by atoms with Gasteiger partial charge in [-0.25, -0.2) is 19.3 Å². The molecule has 0 aliphatic heterocycles. The minimum absolute atomic E-state index is 0.0524. The Bertz CT molecular complexity index is 2050. The van der Waals surface area contributed by atoms with Gasteiger partial charge in [0.05, 0.1) is 43.3 Å². The number of rotatable bonds is 11. The van der Waals surface area contributed by atoms with Gasteiger partial charge in [0.25, 0.3) is 11.5 Å². The molecule has 0 saturated heterocycles. The molecule has 0 saturated carbocycles. The Balaban J connectivity index is 0.000000860. The number of pyridine rings is 2. The number of carbonyl (C=O) groups excluding carboxylic acids is 2. The number of aliphatic carboxylic acids is 2. The Hall–Kier alpha value is -6.55. The number of carboxylic acids is 2. The molecule has 4 N–H and O–H groups in total. The van der Waals surface area contributed by atoms with Crippen LogP contribution in [0.2, 0.25) is 0 Å². The van der Waals surface area contributed by atoms with E-state index in [9.17, 15) is 14.4 Å². The number of para-hydroxylation sites is 1. The highest BCUT2D eigenvalue weighted by atomic mass is 16.5. The zero-order chi connectivity index (χ0) is 36.4. The fourth-order valence-corrected chi connectivity index (χ4v) is 4.78. The summed E-state index contributed by atoms with van der Waals surface area (Å²) in [5.74, 6) is -2.74. The molecule has 0 aliphatic rings. The number of hydrogen-bond acceptors (Lipinski definition) is 11. The molecular formula is C34H34N6O10. The molecule has 0 spiro atoms. The largest absolute Gasteiger partial charge is 0.497 e. The third-order valence-corrected chi connectivity index (χ3v) is 7.01. The van der Waals surface area contributed by atoms with Crippen LogP contribution in [0.1, 0.15) is 23.0 Å². The first-order valence-electron chi connectivity index (χ1n) is 15.0. The second-order valence-electron chi connectivity index (χ2n) is 10.6. The molecule has 5 aromatic rings. The molecule has 0 aliphatic carbocycles. The Kier molecular flexibility index (Phi) is 12.0. The summed E-state index contributed by atoms with van der Waals surface area (Å²) in [4.78, 5) is 66.0. The molecule has 2 aromatic carbocycles. The molecule has 50 heavy (non-hydrogen) atoms. The number of anilines is 1. The second kappa shape index (κ2) is 16.5. The zero-order valence-corrected chi connectivity index (χ0v) is 27.4. The van der Waals surface area contributed by atoms with Crippen LogP contribution in [0.15, 0.2) is 83.9 Å². The van der Waals surface area contributed by atoms with Crippen molar-refractivity contribution in [2.75, 3.05) is 26.0 Å². The average molecular weight is 687 g/mol. The summed E-state index contributed by atoms with van der Waals surface area (Å²) in [7, 11) is 3.24. The van der Waals surface area contributed by atoms with Crippen LogP contribution in [-0.2, 0) is 25.7 Å². The van der Waals surface area contributed by atoms with Gasteiger partial charge in [-0.3, -0.25) is 24.0 Å². The third-order valence-electron chi connectivity index (χ3n) is 7.01. The lowest BCUT2D eigenvalue weighted by Gasteiger charge is -2.18. The first kappa shape index (κ1) is 36.3. The van der Waals surface area contributed by atoms with Crippen molar-refractivity contribution < 1.29 is 43.6 Å². The van der Waals surface area contributed by atoms with Gasteiger partial charge in [0.2, 0.25) is 0 Å². The molecule has 1 amide bonds. The standard InChI is InChI=1S/C32H32N6O6.C2H2O4/c1-20(43-29(39)18-33-3)19-37-21(2)30(32(41)38(37)22-8-6-5-7-9-22)31(40)36-28-13-11-24(17-35-28)44-27-14-15-34-26-16-23(42-4)10-12-25(26)27;3-1(4)2(5)6/h5-17,20,33H,18-19H2,1-4H3,(H,35,36,40);(H,3,4)(H,5,6). The number of nitrogens with one attached hydrogen (secondary N) is 2. The average Bonchev–Trinajstić information content (AvgIpc) is 3.34. The highest BCUT2D eigenvalue weighted by Crippen LogP contribution is 2.30. The molecule has 1 unspecified atom stereocenters. The summed E-state index contributed by atoms with van der Waals surface area (Å²) in [5, 5.41) is 21.1. The van der Waals surface area contributed by atoms with Crippen molar-refractivity contribution in [3.63, 3.8) is 0 Å². The maximum atomic E-state index is 13.7. The number of nitrogens with zero attached hydrogens (tertiary/aromatic N) is 4. The molecule has 3 heterocycles. The van der Waals surface area contributed by atoms with Crippen LogP contribution in [-0.4, -0.2) is 80.2 Å². The second-order valence-corrected chi connectivity index (χ2v) is 10.6. The van der Waals surface area contributed by atoms with Gasteiger partial charge < -0.3 is 35.1 Å². The molecule has 0 fully saturated rings. The Morgan fingerprint density at radius 2 is 1.64 bits per heavy atom. The summed E-state index contributed by atoms with van der Waals surface area (Å²) >= 11 is 0. The van der Waals surface area contributed by atoms with E-state index in [-0.39, 0.29) is 24.5 Å². The predicted octanol–water partition coefficient (Wildman–Crippen LogP) is 3.25. The molecule has 1 atom stereocenters. The predicted molar refractivity (Wildman–Crippen MR) is 180 cm³/mol. The van der Waals surface area contributed by atoms with Gasteiger partial charge in [0.15, 0.2) is 0 Å². The van der Waals surface area contributed by atoms with E-state index in [1.807, 2.05) is 24.3 Å². The topological polar surface area (TPSA) is 213 Å². The van der Waals surface area contributed by atoms with Gasteiger partial charge in [-0.15, -0.1) is 0 Å². The minimum Gasteiger partial charge on any atom is -0.497 e. The molecule has 0 bridgehead atoms. The first-order valence-corrected chi connectivity index (χ1v) is 15.0. The van der Waals surface area contributed by atoms with Crippen molar-refractivity contribution in [1.82, 2.24) is 24.6 Å². The smallest absolute Gasteiger partial charge is 0.414 e. The summed E-state index contributed by atoms with van der Waals surface area (Å²) in [5.41, 5.74) is 1.13. The number of benzene rings is 2. The summed E-state index contributed by atoms with van der Waals surface area (Å²) in [6.45, 7) is 3.61. The van der Waals surface area contributed by atoms with Crippen LogP contribution in [0.25, 0.3) is 16.6 Å². The van der Waals surface area contributed by atoms with Gasteiger partial charge in [-0.2, -0.15) is 0 Å². The van der Waals surface area contributed by atoms with E-state index in [0.29, 0.717) is 34.1 Å². The lowest BCUT2D eigenvalue weighted by atomic mass is 10.2. The van der Waals surface area contributed by atoms with Gasteiger partial charge in [-0.1, -0.05) is 18.2 Å². The van der Waals surface area contributed by atoms with E-state index in [1.165, 1.54) is 10.9 Å². The number of ether oxygens (including phenoxy) is 3. The van der Waals surface area contributed by atoms with E-state index in [1.54, 1.807) is 81.3 Å². The number of aromatic nitrogens is 4. The summed E-state index contributed by atoms with van der Waals surface area (Å²) < 4.78 is 19.8. The van der Waals surface area contributed by atoms with E-state index in [4.69, 9.17) is 34.0 Å². The van der Waals surface area contributed by atoms with E-state index >= 15 is 0 Å². The highest BCUT2D eigenvalue weighted by Gasteiger charge is 2.25. The Morgan fingerprint density at radius 3 is 2.26 bits per heavy atom. The molecule has 16 nitrogen and oxygen atoms in total. The van der Waals surface area contributed by atoms with E-state index in [0.717, 1.165) is 5.39 Å². The molecule has 16 heteroatoms. The van der Waals surface area contributed by atoms with Crippen LogP contribution in [0, 0.1) is 6.92 Å². The minimum atomic E-state index is -1.82. The van der Waals surface area contributed by atoms with Crippen molar-refractivity contribution in [2.45, 2.75) is 26.5 Å². The van der Waals surface area contributed by atoms with Gasteiger partial charge >= 0.3 is 17.9 Å². The fraction of sp³-hybridized carbons (Fsp3) is 0.206. The van der Waals surface area contributed by atoms with E-state index < -0.39 is 35.5 Å². The number of fused-ring (bicyclic) bond motifs is 1. The summed E-state index contributed by atoms with van der Waals surface area (Å²) in [6.07, 6.45) is 2.55. The molecule has 260 valence electrons. The maximum Gasteiger partial charge on any atom is 0.414 e. The third kappa shape index (κ3) is 8.87. The number of amides is 1. The number of esters is 1. The normalized spacial score (nSPS) is 11.1. The number of carboxylic acid groups (broad SMARTS) is 2. The Morgan fingerprint density at radius 1 is 0.940 bits per heavy atom. The fourth-order valence-electron chi connectivity index (χ4n) is 4.78. The van der Waals surface area contributed by atoms with Crippen molar-refractivity contribution >= 4 is 40.5 Å². The Labute approximate surface area is 284 Å². The zero-order valence-electron chi connectivity index (χ0n) is 27.4. The van der Waals surface area contributed by atoms with Crippen molar-refractivity contribution in [1.29, 1.82) is 0 Å². The number of methoxy groups -OCH3 is 1. The van der Waals surface area contributed by atoms with Crippen molar-refractivity contribution in [2.24, 2.45) is 0 Å². The highest BCUT2D eigenvalue weighted by molar-refractivity contribution is 6.27. The molecule has 5 rings (SSSR count). The van der Waals surface area contributed by atoms with Gasteiger partial charge in [0, 0.05) is 17.6 Å². The molecular weight excluding hydrogens is 652 g/mol. The number of likely N-dealkylation sites (N-methyl/N-ethyl adjacent to an activating group) is 1.